The summed E-state index contributed by atoms with van der Waals surface area (Å²) < 4.78 is 15.1. The van der Waals surface area contributed by atoms with Gasteiger partial charge in [0.15, 0.2) is 0 Å². The number of fused-ring (bicyclic) bond motifs is 1. The van der Waals surface area contributed by atoms with Crippen molar-refractivity contribution < 1.29 is 4.39 Å². The number of pyridine rings is 2. The molecule has 0 saturated heterocycles. The summed E-state index contributed by atoms with van der Waals surface area (Å²) in [5.41, 5.74) is 5.61. The number of aryl methyl sites for hydroxylation is 1. The number of hydrogen-bond acceptors (Lipinski definition) is 3. The van der Waals surface area contributed by atoms with Crippen LogP contribution in [0.4, 0.5) is 4.39 Å². The highest BCUT2D eigenvalue weighted by Gasteiger charge is 2.10. The van der Waals surface area contributed by atoms with Gasteiger partial charge in [-0.05, 0) is 31.2 Å². The summed E-state index contributed by atoms with van der Waals surface area (Å²) in [6.45, 7) is 6.05. The molecular weight excluding hydrogens is 315 g/mol. The van der Waals surface area contributed by atoms with E-state index in [9.17, 15) is 4.39 Å². The number of rotatable bonds is 2. The van der Waals surface area contributed by atoms with E-state index < -0.39 is 0 Å². The topological polar surface area (TPSA) is 43.1 Å². The van der Waals surface area contributed by atoms with Crippen molar-refractivity contribution >= 4 is 5.52 Å². The molecule has 0 amide bonds. The first kappa shape index (κ1) is 16.8. The molecule has 0 aromatic carbocycles. The zero-order valence-corrected chi connectivity index (χ0v) is 14.4. The molecule has 0 spiro atoms. The Labute approximate surface area is 146 Å². The molecule has 126 valence electrons. The fraction of sp³-hybridized carbons (Fsp3) is 0.150. The lowest BCUT2D eigenvalue weighted by atomic mass is 10.1. The quantitative estimate of drug-likeness (QED) is 0.522. The Morgan fingerprint density at radius 1 is 0.960 bits per heavy atom. The van der Waals surface area contributed by atoms with Gasteiger partial charge in [0.05, 0.1) is 23.6 Å². The summed E-state index contributed by atoms with van der Waals surface area (Å²) in [5, 5.41) is 0. The standard InChI is InChI=1S/C18H13FN4.C2H6/c1-12-16(13-3-2-6-20-8-13)7-15-10-22-18(11-23(12)15)17-5-4-14(19)9-21-17;1-2/h2-11H,1H3;1-2H3. The van der Waals surface area contributed by atoms with Crippen LogP contribution >= 0.6 is 0 Å². The first-order valence-electron chi connectivity index (χ1n) is 8.22. The molecule has 25 heavy (non-hydrogen) atoms. The molecule has 0 N–H and O–H groups in total. The highest BCUT2D eigenvalue weighted by molar-refractivity contribution is 5.73. The first-order valence-corrected chi connectivity index (χ1v) is 8.22. The van der Waals surface area contributed by atoms with Crippen LogP contribution in [0.2, 0.25) is 0 Å². The molecule has 0 aliphatic carbocycles. The molecule has 0 atom stereocenters. The lowest BCUT2D eigenvalue weighted by Gasteiger charge is -2.04. The van der Waals surface area contributed by atoms with Crippen molar-refractivity contribution in [3.8, 4) is 22.5 Å². The molecule has 0 aliphatic rings. The number of nitrogens with zero attached hydrogens (tertiary/aromatic N) is 4. The van der Waals surface area contributed by atoms with Crippen LogP contribution in [0.15, 0.2) is 61.3 Å². The van der Waals surface area contributed by atoms with Crippen LogP contribution in [0.3, 0.4) is 0 Å². The number of halogens is 1. The highest BCUT2D eigenvalue weighted by atomic mass is 19.1. The van der Waals surface area contributed by atoms with Crippen molar-refractivity contribution in [1.82, 2.24) is 19.4 Å². The largest absolute Gasteiger partial charge is 0.317 e. The van der Waals surface area contributed by atoms with Crippen LogP contribution in [0, 0.1) is 12.7 Å². The molecule has 0 unspecified atom stereocenters. The Kier molecular flexibility index (Phi) is 4.84. The maximum Gasteiger partial charge on any atom is 0.141 e. The van der Waals surface area contributed by atoms with E-state index in [4.69, 9.17) is 0 Å². The monoisotopic (exact) mass is 334 g/mol. The Balaban J connectivity index is 0.000000880. The first-order chi connectivity index (χ1) is 12.2. The highest BCUT2D eigenvalue weighted by Crippen LogP contribution is 2.27. The van der Waals surface area contributed by atoms with Crippen LogP contribution in [0.25, 0.3) is 28.0 Å². The Hall–Kier alpha value is -3.08. The predicted molar refractivity (Wildman–Crippen MR) is 97.7 cm³/mol. The van der Waals surface area contributed by atoms with Gasteiger partial charge in [0, 0.05) is 35.4 Å². The van der Waals surface area contributed by atoms with E-state index in [0.717, 1.165) is 22.3 Å². The van der Waals surface area contributed by atoms with Crippen LogP contribution in [0.5, 0.6) is 0 Å². The number of hydrogen-bond donors (Lipinski definition) is 0. The van der Waals surface area contributed by atoms with Gasteiger partial charge in [-0.2, -0.15) is 0 Å². The van der Waals surface area contributed by atoms with Crippen molar-refractivity contribution in [3.63, 3.8) is 0 Å². The minimum absolute atomic E-state index is 0.356. The summed E-state index contributed by atoms with van der Waals surface area (Å²) in [5.74, 6) is -0.356. The van der Waals surface area contributed by atoms with Gasteiger partial charge in [0.1, 0.15) is 11.5 Å². The summed E-state index contributed by atoms with van der Waals surface area (Å²) in [6.07, 6.45) is 8.52. The Morgan fingerprint density at radius 2 is 1.76 bits per heavy atom. The third-order valence-electron chi connectivity index (χ3n) is 3.87. The van der Waals surface area contributed by atoms with Gasteiger partial charge < -0.3 is 4.40 Å². The molecular formula is C20H19FN4. The maximum absolute atomic E-state index is 13.0. The minimum atomic E-state index is -0.356. The zero-order chi connectivity index (χ0) is 17.8. The second-order valence-electron chi connectivity index (χ2n) is 5.31. The van der Waals surface area contributed by atoms with Crippen molar-refractivity contribution in [2.45, 2.75) is 20.8 Å². The molecule has 0 aliphatic heterocycles. The molecule has 0 radical (unpaired) electrons. The normalized spacial score (nSPS) is 10.4. The van der Waals surface area contributed by atoms with Crippen LogP contribution in [-0.4, -0.2) is 19.4 Å². The molecule has 0 fully saturated rings. The van der Waals surface area contributed by atoms with E-state index in [0.29, 0.717) is 11.4 Å². The number of aromatic nitrogens is 4. The molecule has 0 saturated carbocycles. The van der Waals surface area contributed by atoms with Crippen LogP contribution < -0.4 is 0 Å². The van der Waals surface area contributed by atoms with Crippen molar-refractivity contribution in [2.24, 2.45) is 0 Å². The third kappa shape index (κ3) is 3.26. The summed E-state index contributed by atoms with van der Waals surface area (Å²) in [4.78, 5) is 12.7. The molecule has 5 heteroatoms. The van der Waals surface area contributed by atoms with E-state index in [-0.39, 0.29) is 5.82 Å². The van der Waals surface area contributed by atoms with Gasteiger partial charge in [-0.1, -0.05) is 19.9 Å². The summed E-state index contributed by atoms with van der Waals surface area (Å²) in [7, 11) is 0. The van der Waals surface area contributed by atoms with Gasteiger partial charge in [-0.25, -0.2) is 4.39 Å². The SMILES string of the molecule is CC.Cc1c(-c2cccnc2)cc2cnc(-c3ccc(F)cn3)cn12. The van der Waals surface area contributed by atoms with Gasteiger partial charge >= 0.3 is 0 Å². The van der Waals surface area contributed by atoms with Crippen LogP contribution in [0.1, 0.15) is 19.5 Å². The molecule has 4 rings (SSSR count). The Bertz CT molecular complexity index is 976. The van der Waals surface area contributed by atoms with E-state index in [1.165, 1.54) is 12.3 Å². The second-order valence-corrected chi connectivity index (χ2v) is 5.31. The van der Waals surface area contributed by atoms with Crippen molar-refractivity contribution in [1.29, 1.82) is 0 Å². The smallest absolute Gasteiger partial charge is 0.141 e. The van der Waals surface area contributed by atoms with Gasteiger partial charge in [0.2, 0.25) is 0 Å². The minimum Gasteiger partial charge on any atom is -0.317 e. The summed E-state index contributed by atoms with van der Waals surface area (Å²) >= 11 is 0. The molecule has 4 aromatic rings. The average Bonchev–Trinajstić information content (AvgIpc) is 3.01. The maximum atomic E-state index is 13.0. The lowest BCUT2D eigenvalue weighted by molar-refractivity contribution is 0.622. The average molecular weight is 334 g/mol. The van der Waals surface area contributed by atoms with Crippen molar-refractivity contribution in [3.05, 3.63) is 72.8 Å². The molecule has 4 aromatic heterocycles. The molecule has 4 nitrogen and oxygen atoms in total. The van der Waals surface area contributed by atoms with Gasteiger partial charge in [-0.3, -0.25) is 15.0 Å². The zero-order valence-electron chi connectivity index (χ0n) is 14.4. The lowest BCUT2D eigenvalue weighted by Crippen LogP contribution is -1.94. The second kappa shape index (κ2) is 7.21. The van der Waals surface area contributed by atoms with Crippen molar-refractivity contribution in [2.75, 3.05) is 0 Å². The van der Waals surface area contributed by atoms with Crippen LogP contribution in [-0.2, 0) is 0 Å². The fourth-order valence-corrected chi connectivity index (χ4v) is 2.68. The van der Waals surface area contributed by atoms with Gasteiger partial charge in [-0.15, -0.1) is 0 Å². The third-order valence-corrected chi connectivity index (χ3v) is 3.87. The van der Waals surface area contributed by atoms with E-state index in [1.807, 2.05) is 38.4 Å². The van der Waals surface area contributed by atoms with E-state index in [1.54, 1.807) is 18.5 Å². The predicted octanol–water partition coefficient (Wildman–Crippen LogP) is 4.93. The summed E-state index contributed by atoms with van der Waals surface area (Å²) in [6, 6.07) is 9.05. The Morgan fingerprint density at radius 3 is 2.44 bits per heavy atom. The van der Waals surface area contributed by atoms with E-state index >= 15 is 0 Å². The molecule has 4 heterocycles. The van der Waals surface area contributed by atoms with Gasteiger partial charge in [0.25, 0.3) is 0 Å². The molecule has 0 bridgehead atoms. The fourth-order valence-electron chi connectivity index (χ4n) is 2.68. The van der Waals surface area contributed by atoms with E-state index in [2.05, 4.69) is 32.3 Å².